The number of pyridine rings is 1. The van der Waals surface area contributed by atoms with Crippen molar-refractivity contribution < 1.29 is 0 Å². The molecule has 5 rings (SSSR count). The van der Waals surface area contributed by atoms with Crippen molar-refractivity contribution in [3.05, 3.63) is 106 Å². The third-order valence-corrected chi connectivity index (χ3v) is 7.22. The summed E-state index contributed by atoms with van der Waals surface area (Å²) in [4.78, 5) is 15.5. The number of terminal acetylenes is 1. The van der Waals surface area contributed by atoms with Gasteiger partial charge in [0.15, 0.2) is 0 Å². The van der Waals surface area contributed by atoms with E-state index in [1.54, 1.807) is 11.3 Å². The Hall–Kier alpha value is -3.92. The molecule has 0 saturated carbocycles. The first-order valence-electron chi connectivity index (χ1n) is 12.4. The van der Waals surface area contributed by atoms with Crippen LogP contribution in [-0.4, -0.2) is 32.9 Å². The zero-order chi connectivity index (χ0) is 26.2. The number of H-pyrrole nitrogens is 1. The lowest BCUT2D eigenvalue weighted by Crippen LogP contribution is -2.18. The van der Waals surface area contributed by atoms with Gasteiger partial charge in [0.05, 0.1) is 5.69 Å². The Labute approximate surface area is 223 Å². The highest BCUT2D eigenvalue weighted by Crippen LogP contribution is 2.29. The standard InChI is InChI=1S/C29H31N5S.C2H2/c1-3-6-26(23-9-12-35-19-23)29-20(2)32-28(33-29)15-24-14-22(7-8-27(24)30)25-13-21(16-31-17-25)18-34-10-4-5-11-34;1-2/h3,6-9,12-14,16-17,19H,1,4-5,10-11,15,18,30H2,2H3,(H,32,33);1-2H/b26-6-;. The minimum Gasteiger partial charge on any atom is -0.398 e. The van der Waals surface area contributed by atoms with E-state index in [0.29, 0.717) is 6.42 Å². The molecule has 0 amide bonds. The molecule has 3 N–H and O–H groups in total. The van der Waals surface area contributed by atoms with Gasteiger partial charge in [0.1, 0.15) is 5.82 Å². The van der Waals surface area contributed by atoms with E-state index in [1.807, 2.05) is 30.6 Å². The van der Waals surface area contributed by atoms with Gasteiger partial charge in [-0.15, -0.1) is 12.8 Å². The molecule has 0 aliphatic carbocycles. The lowest BCUT2D eigenvalue weighted by atomic mass is 10.0. The van der Waals surface area contributed by atoms with Crippen LogP contribution in [0, 0.1) is 19.8 Å². The maximum atomic E-state index is 6.40. The van der Waals surface area contributed by atoms with E-state index in [0.717, 1.165) is 57.3 Å². The number of aryl methyl sites for hydroxylation is 1. The van der Waals surface area contributed by atoms with Gasteiger partial charge in [-0.1, -0.05) is 24.8 Å². The smallest absolute Gasteiger partial charge is 0.111 e. The molecule has 37 heavy (non-hydrogen) atoms. The van der Waals surface area contributed by atoms with E-state index in [9.17, 15) is 0 Å². The van der Waals surface area contributed by atoms with Gasteiger partial charge in [0.25, 0.3) is 0 Å². The summed E-state index contributed by atoms with van der Waals surface area (Å²) in [5.41, 5.74) is 15.9. The van der Waals surface area contributed by atoms with Crippen LogP contribution in [0.2, 0.25) is 0 Å². The first kappa shape index (κ1) is 26.2. The molecule has 1 saturated heterocycles. The molecule has 0 spiro atoms. The van der Waals surface area contributed by atoms with Crippen molar-refractivity contribution in [2.75, 3.05) is 18.8 Å². The van der Waals surface area contributed by atoms with Crippen LogP contribution in [0.5, 0.6) is 0 Å². The highest BCUT2D eigenvalue weighted by Gasteiger charge is 2.16. The zero-order valence-electron chi connectivity index (χ0n) is 21.3. The van der Waals surface area contributed by atoms with E-state index in [1.165, 1.54) is 31.5 Å². The highest BCUT2D eigenvalue weighted by molar-refractivity contribution is 7.08. The zero-order valence-corrected chi connectivity index (χ0v) is 22.1. The van der Waals surface area contributed by atoms with Crippen molar-refractivity contribution in [3.63, 3.8) is 0 Å². The number of aromatic amines is 1. The van der Waals surface area contributed by atoms with Gasteiger partial charge in [-0.3, -0.25) is 9.88 Å². The molecule has 188 valence electrons. The molecule has 4 heterocycles. The summed E-state index contributed by atoms with van der Waals surface area (Å²) in [6.45, 7) is 9.27. The fourth-order valence-corrected chi connectivity index (χ4v) is 5.42. The molecular formula is C31H33N5S. The Bertz CT molecular complexity index is 1390. The molecule has 1 aromatic carbocycles. The predicted octanol–water partition coefficient (Wildman–Crippen LogP) is 6.48. The van der Waals surface area contributed by atoms with Crippen molar-refractivity contribution in [1.82, 2.24) is 19.9 Å². The van der Waals surface area contributed by atoms with Crippen LogP contribution in [0.3, 0.4) is 0 Å². The minimum absolute atomic E-state index is 0.631. The van der Waals surface area contributed by atoms with E-state index >= 15 is 0 Å². The topological polar surface area (TPSA) is 70.8 Å². The van der Waals surface area contributed by atoms with Crippen LogP contribution in [0.25, 0.3) is 16.7 Å². The molecule has 3 aromatic heterocycles. The van der Waals surface area contributed by atoms with Crippen molar-refractivity contribution in [2.24, 2.45) is 0 Å². The third kappa shape index (κ3) is 6.26. The van der Waals surface area contributed by atoms with Gasteiger partial charge in [0, 0.05) is 47.9 Å². The van der Waals surface area contributed by atoms with Gasteiger partial charge in [-0.2, -0.15) is 11.3 Å². The van der Waals surface area contributed by atoms with Crippen molar-refractivity contribution in [2.45, 2.75) is 32.7 Å². The van der Waals surface area contributed by atoms with Crippen LogP contribution in [0.15, 0.2) is 72.2 Å². The first-order valence-corrected chi connectivity index (χ1v) is 13.3. The molecule has 5 nitrogen and oxygen atoms in total. The molecule has 1 aliphatic rings. The molecule has 4 aromatic rings. The second kappa shape index (κ2) is 12.4. The van der Waals surface area contributed by atoms with Crippen molar-refractivity contribution in [1.29, 1.82) is 0 Å². The summed E-state index contributed by atoms with van der Waals surface area (Å²) in [5, 5.41) is 4.22. The largest absolute Gasteiger partial charge is 0.398 e. The summed E-state index contributed by atoms with van der Waals surface area (Å²) in [6, 6.07) is 10.6. The summed E-state index contributed by atoms with van der Waals surface area (Å²) in [5.74, 6) is 0.896. The average Bonchev–Trinajstić information content (AvgIpc) is 3.69. The number of nitrogens with zero attached hydrogens (tertiary/aromatic N) is 3. The molecule has 1 aliphatic heterocycles. The van der Waals surface area contributed by atoms with Gasteiger partial charge in [-0.05, 0) is 90.1 Å². The number of benzene rings is 1. The van der Waals surface area contributed by atoms with Gasteiger partial charge >= 0.3 is 0 Å². The number of nitrogen functional groups attached to an aromatic ring is 1. The van der Waals surface area contributed by atoms with Gasteiger partial charge < -0.3 is 10.7 Å². The quantitative estimate of drug-likeness (QED) is 0.163. The summed E-state index contributed by atoms with van der Waals surface area (Å²) < 4.78 is 0. The van der Waals surface area contributed by atoms with Gasteiger partial charge in [0.2, 0.25) is 0 Å². The number of hydrogen-bond acceptors (Lipinski definition) is 5. The molecule has 1 fully saturated rings. The SMILES string of the molecule is C#C.C=C/C=C(/c1ccsc1)c1nc(Cc2cc(-c3cncc(CN4CCCC4)c3)ccc2N)[nH]c1C. The third-order valence-electron chi connectivity index (χ3n) is 6.54. The normalized spacial score (nSPS) is 13.8. The second-order valence-electron chi connectivity index (χ2n) is 9.14. The number of imidazole rings is 1. The molecule has 6 heteroatoms. The Morgan fingerprint density at radius 2 is 1.97 bits per heavy atom. The minimum atomic E-state index is 0.631. The fraction of sp³-hybridized carbons (Fsp3) is 0.226. The Kier molecular flexibility index (Phi) is 8.73. The van der Waals surface area contributed by atoms with Crippen molar-refractivity contribution >= 4 is 22.6 Å². The molecular weight excluding hydrogens is 474 g/mol. The number of nitrogens with one attached hydrogen (secondary N) is 1. The number of hydrogen-bond donors (Lipinski definition) is 2. The highest BCUT2D eigenvalue weighted by atomic mass is 32.1. The van der Waals surface area contributed by atoms with E-state index in [-0.39, 0.29) is 0 Å². The fourth-order valence-electron chi connectivity index (χ4n) is 4.77. The Morgan fingerprint density at radius 3 is 2.70 bits per heavy atom. The number of rotatable bonds is 8. The number of nitrogens with two attached hydrogens (primary N) is 1. The van der Waals surface area contributed by atoms with Crippen LogP contribution in [0.4, 0.5) is 5.69 Å². The first-order chi connectivity index (χ1) is 18.1. The molecule has 0 bridgehead atoms. The maximum absolute atomic E-state index is 6.40. The van der Waals surface area contributed by atoms with E-state index < -0.39 is 0 Å². The second-order valence-corrected chi connectivity index (χ2v) is 9.92. The Balaban J connectivity index is 0.00000156. The Morgan fingerprint density at radius 1 is 1.16 bits per heavy atom. The molecule has 0 atom stereocenters. The van der Waals surface area contributed by atoms with E-state index in [4.69, 9.17) is 10.7 Å². The maximum Gasteiger partial charge on any atom is 0.111 e. The lowest BCUT2D eigenvalue weighted by Gasteiger charge is -2.15. The van der Waals surface area contributed by atoms with Crippen LogP contribution < -0.4 is 5.73 Å². The number of thiophene rings is 1. The van der Waals surface area contributed by atoms with Crippen LogP contribution >= 0.6 is 11.3 Å². The van der Waals surface area contributed by atoms with Crippen LogP contribution in [0.1, 0.15) is 46.7 Å². The number of aromatic nitrogens is 3. The number of likely N-dealkylation sites (tertiary alicyclic amines) is 1. The summed E-state index contributed by atoms with van der Waals surface area (Å²) in [7, 11) is 0. The molecule has 0 unspecified atom stereocenters. The monoisotopic (exact) mass is 507 g/mol. The van der Waals surface area contributed by atoms with Gasteiger partial charge in [-0.25, -0.2) is 4.98 Å². The van der Waals surface area contributed by atoms with Crippen LogP contribution in [-0.2, 0) is 13.0 Å². The summed E-state index contributed by atoms with van der Waals surface area (Å²) >= 11 is 1.68. The lowest BCUT2D eigenvalue weighted by molar-refractivity contribution is 0.331. The van der Waals surface area contributed by atoms with Crippen molar-refractivity contribution in [3.8, 4) is 24.0 Å². The average molecular weight is 508 g/mol. The molecule has 0 radical (unpaired) electrons. The number of anilines is 1. The summed E-state index contributed by atoms with van der Waals surface area (Å²) in [6.07, 6.45) is 19.0. The van der Waals surface area contributed by atoms with E-state index in [2.05, 4.69) is 76.2 Å². The number of allylic oxidation sites excluding steroid dienone is 2. The predicted molar refractivity (Wildman–Crippen MR) is 156 cm³/mol.